The van der Waals surface area contributed by atoms with Gasteiger partial charge in [0, 0.05) is 25.5 Å². The lowest BCUT2D eigenvalue weighted by atomic mass is 9.91. The number of aryl methyl sites for hydroxylation is 2. The Kier molecular flexibility index (Phi) is 7.46. The fraction of sp³-hybridized carbons (Fsp3) is 0.448. The molecule has 2 aromatic carbocycles. The Balaban J connectivity index is 1.43. The molecule has 1 spiro atoms. The van der Waals surface area contributed by atoms with Crippen molar-refractivity contribution in [1.29, 1.82) is 0 Å². The van der Waals surface area contributed by atoms with Gasteiger partial charge in [-0.05, 0) is 50.3 Å². The summed E-state index contributed by atoms with van der Waals surface area (Å²) in [5.74, 6) is 0.413. The van der Waals surface area contributed by atoms with Gasteiger partial charge in [0.25, 0.3) is 17.4 Å². The second kappa shape index (κ2) is 10.9. The van der Waals surface area contributed by atoms with E-state index in [2.05, 4.69) is 11.2 Å². The second-order valence-electron chi connectivity index (χ2n) is 9.97. The third kappa shape index (κ3) is 4.90. The Morgan fingerprint density at radius 3 is 2.58 bits per heavy atom. The Labute approximate surface area is 221 Å². The van der Waals surface area contributed by atoms with Crippen LogP contribution in [-0.4, -0.2) is 76.9 Å². The number of hydrogen-bond acceptors (Lipinski definition) is 6. The summed E-state index contributed by atoms with van der Waals surface area (Å²) >= 11 is 0. The number of aromatic nitrogens is 2. The molecule has 1 saturated heterocycles. The fourth-order valence-corrected chi connectivity index (χ4v) is 5.42. The monoisotopic (exact) mass is 518 g/mol. The van der Waals surface area contributed by atoms with Gasteiger partial charge in [-0.15, -0.1) is 0 Å². The van der Waals surface area contributed by atoms with Crippen LogP contribution < -0.4 is 10.3 Å². The molecule has 1 aromatic heterocycles. The van der Waals surface area contributed by atoms with Crippen molar-refractivity contribution >= 4 is 22.6 Å². The van der Waals surface area contributed by atoms with Crippen LogP contribution in [0.25, 0.3) is 10.8 Å². The number of para-hydroxylation sites is 1. The molecule has 2 aliphatic heterocycles. The number of rotatable bonds is 2. The summed E-state index contributed by atoms with van der Waals surface area (Å²) in [6, 6.07) is 15.1. The molecule has 5 rings (SSSR count). The van der Waals surface area contributed by atoms with Gasteiger partial charge in [-0.3, -0.25) is 14.4 Å². The largest absolute Gasteiger partial charge is 0.491 e. The minimum absolute atomic E-state index is 0.133. The maximum atomic E-state index is 13.9. The number of benzene rings is 2. The molecular formula is C29H34N4O5. The lowest BCUT2D eigenvalue weighted by Crippen LogP contribution is -2.61. The number of fused-ring (bicyclic) bond motifs is 2. The second-order valence-corrected chi connectivity index (χ2v) is 9.97. The highest BCUT2D eigenvalue weighted by molar-refractivity contribution is 6.05. The first-order valence-corrected chi connectivity index (χ1v) is 13.3. The fourth-order valence-electron chi connectivity index (χ4n) is 5.42. The van der Waals surface area contributed by atoms with Gasteiger partial charge in [0.2, 0.25) is 0 Å². The minimum atomic E-state index is -1.14. The third-order valence-corrected chi connectivity index (χ3v) is 7.51. The van der Waals surface area contributed by atoms with Crippen molar-refractivity contribution in [3.05, 3.63) is 70.1 Å². The SMILES string of the molecule is CCn1nc(C(=O)N2CCOC3(CCCCc4ccccc4OCCN(C)C3=O)C2)c2ccccc2c1=O. The first kappa shape index (κ1) is 25.9. The minimum Gasteiger partial charge on any atom is -0.491 e. The van der Waals surface area contributed by atoms with Crippen LogP contribution in [-0.2, 0) is 22.5 Å². The molecule has 9 heteroatoms. The van der Waals surface area contributed by atoms with E-state index in [-0.39, 0.29) is 36.2 Å². The molecule has 3 heterocycles. The number of morpholine rings is 1. The summed E-state index contributed by atoms with van der Waals surface area (Å²) in [7, 11) is 1.75. The van der Waals surface area contributed by atoms with Crippen molar-refractivity contribution < 1.29 is 19.1 Å². The first-order chi connectivity index (χ1) is 18.4. The summed E-state index contributed by atoms with van der Waals surface area (Å²) in [5, 5.41) is 5.40. The van der Waals surface area contributed by atoms with Gasteiger partial charge in [-0.25, -0.2) is 4.68 Å². The molecule has 2 amide bonds. The Hall–Kier alpha value is -3.72. The van der Waals surface area contributed by atoms with Crippen molar-refractivity contribution in [3.63, 3.8) is 0 Å². The smallest absolute Gasteiger partial charge is 0.275 e. The van der Waals surface area contributed by atoms with Gasteiger partial charge < -0.3 is 19.3 Å². The standard InChI is InChI=1S/C29H34N4O5/c1-3-33-26(34)23-13-6-5-12-22(23)25(30-33)27(35)32-17-19-38-29(20-32)15-9-8-11-21-10-4-7-14-24(21)37-18-16-31(2)28(29)36/h4-7,10,12-14H,3,8-9,11,15-20H2,1-2H3. The zero-order chi connectivity index (χ0) is 26.7. The van der Waals surface area contributed by atoms with E-state index in [4.69, 9.17) is 9.47 Å². The van der Waals surface area contributed by atoms with Gasteiger partial charge >= 0.3 is 0 Å². The van der Waals surface area contributed by atoms with E-state index in [0.717, 1.165) is 30.6 Å². The summed E-state index contributed by atoms with van der Waals surface area (Å²) in [6.07, 6.45) is 2.97. The van der Waals surface area contributed by atoms with Crippen molar-refractivity contribution in [3.8, 4) is 5.75 Å². The van der Waals surface area contributed by atoms with E-state index in [1.165, 1.54) is 4.68 Å². The molecule has 38 heavy (non-hydrogen) atoms. The molecule has 1 fully saturated rings. The molecule has 200 valence electrons. The van der Waals surface area contributed by atoms with E-state index in [1.807, 2.05) is 25.1 Å². The third-order valence-electron chi connectivity index (χ3n) is 7.51. The predicted molar refractivity (Wildman–Crippen MR) is 143 cm³/mol. The molecular weight excluding hydrogens is 484 g/mol. The average Bonchev–Trinajstić information content (AvgIpc) is 2.95. The predicted octanol–water partition coefficient (Wildman–Crippen LogP) is 2.89. The van der Waals surface area contributed by atoms with Gasteiger partial charge in [0.05, 0.1) is 25.1 Å². The number of carbonyl (C=O) groups is 2. The lowest BCUT2D eigenvalue weighted by Gasteiger charge is -2.43. The number of carbonyl (C=O) groups excluding carboxylic acids is 2. The molecule has 9 nitrogen and oxygen atoms in total. The van der Waals surface area contributed by atoms with Crippen molar-refractivity contribution in [2.45, 2.75) is 44.8 Å². The zero-order valence-corrected chi connectivity index (χ0v) is 22.0. The van der Waals surface area contributed by atoms with Gasteiger partial charge in [0.15, 0.2) is 11.3 Å². The summed E-state index contributed by atoms with van der Waals surface area (Å²) in [6.45, 7) is 3.67. The number of ether oxygens (including phenoxy) is 2. The van der Waals surface area contributed by atoms with E-state index >= 15 is 0 Å². The average molecular weight is 519 g/mol. The molecule has 2 aliphatic rings. The highest BCUT2D eigenvalue weighted by Crippen LogP contribution is 2.30. The normalized spacial score (nSPS) is 20.9. The first-order valence-electron chi connectivity index (χ1n) is 13.3. The van der Waals surface area contributed by atoms with E-state index in [9.17, 15) is 14.4 Å². The number of amides is 2. The molecule has 1 unspecified atom stereocenters. The van der Waals surface area contributed by atoms with Gasteiger partial charge in [-0.1, -0.05) is 36.4 Å². The Bertz CT molecular complexity index is 1400. The quantitative estimate of drug-likeness (QED) is 0.518. The molecule has 3 aromatic rings. The van der Waals surface area contributed by atoms with E-state index < -0.39 is 5.60 Å². The molecule has 0 N–H and O–H groups in total. The van der Waals surface area contributed by atoms with Crippen LogP contribution >= 0.6 is 0 Å². The number of hydrogen-bond donors (Lipinski definition) is 0. The molecule has 1 atom stereocenters. The van der Waals surface area contributed by atoms with Crippen LogP contribution in [0.1, 0.15) is 42.2 Å². The van der Waals surface area contributed by atoms with E-state index in [0.29, 0.717) is 43.4 Å². The number of likely N-dealkylation sites (N-methyl/N-ethyl adjacent to an activating group) is 1. The van der Waals surface area contributed by atoms with Crippen LogP contribution in [0, 0.1) is 0 Å². The van der Waals surface area contributed by atoms with Crippen LogP contribution in [0.4, 0.5) is 0 Å². The van der Waals surface area contributed by atoms with Gasteiger partial charge in [-0.2, -0.15) is 5.10 Å². The zero-order valence-electron chi connectivity index (χ0n) is 22.0. The van der Waals surface area contributed by atoms with Crippen molar-refractivity contribution in [2.75, 3.05) is 39.9 Å². The van der Waals surface area contributed by atoms with Crippen LogP contribution in [0.5, 0.6) is 5.75 Å². The van der Waals surface area contributed by atoms with Crippen molar-refractivity contribution in [2.24, 2.45) is 0 Å². The Morgan fingerprint density at radius 2 is 1.76 bits per heavy atom. The maximum Gasteiger partial charge on any atom is 0.275 e. The molecule has 0 aliphatic carbocycles. The van der Waals surface area contributed by atoms with Crippen LogP contribution in [0.15, 0.2) is 53.3 Å². The molecule has 0 bridgehead atoms. The van der Waals surface area contributed by atoms with Crippen molar-refractivity contribution in [1.82, 2.24) is 19.6 Å². The topological polar surface area (TPSA) is 94.0 Å². The lowest BCUT2D eigenvalue weighted by molar-refractivity contribution is -0.169. The Morgan fingerprint density at radius 1 is 1.00 bits per heavy atom. The van der Waals surface area contributed by atoms with Crippen LogP contribution in [0.3, 0.4) is 0 Å². The maximum absolute atomic E-state index is 13.9. The summed E-state index contributed by atoms with van der Waals surface area (Å²) in [4.78, 5) is 43.8. The molecule has 0 radical (unpaired) electrons. The summed E-state index contributed by atoms with van der Waals surface area (Å²) in [5.41, 5.74) is 0.00803. The van der Waals surface area contributed by atoms with Gasteiger partial charge in [0.1, 0.15) is 12.4 Å². The molecule has 0 saturated carbocycles. The van der Waals surface area contributed by atoms with E-state index in [1.54, 1.807) is 41.1 Å². The summed E-state index contributed by atoms with van der Waals surface area (Å²) < 4.78 is 13.6. The highest BCUT2D eigenvalue weighted by atomic mass is 16.5. The number of nitrogens with zero attached hydrogens (tertiary/aromatic N) is 4. The highest BCUT2D eigenvalue weighted by Gasteiger charge is 2.46. The van der Waals surface area contributed by atoms with Crippen LogP contribution in [0.2, 0.25) is 0 Å².